The summed E-state index contributed by atoms with van der Waals surface area (Å²) in [6, 6.07) is 9.70. The number of carbonyl (C=O) groups excluding carboxylic acids is 2. The Morgan fingerprint density at radius 2 is 2.04 bits per heavy atom. The summed E-state index contributed by atoms with van der Waals surface area (Å²) in [7, 11) is 0. The van der Waals surface area contributed by atoms with Crippen molar-refractivity contribution in [2.75, 3.05) is 29.9 Å². The lowest BCUT2D eigenvalue weighted by Crippen LogP contribution is -2.47. The number of carbonyl (C=O) groups is 2. The van der Waals surface area contributed by atoms with Crippen molar-refractivity contribution < 1.29 is 9.59 Å². The summed E-state index contributed by atoms with van der Waals surface area (Å²) < 4.78 is 0. The predicted molar refractivity (Wildman–Crippen MR) is 96.0 cm³/mol. The summed E-state index contributed by atoms with van der Waals surface area (Å²) in [5.74, 6) is 0.00359. The minimum Gasteiger partial charge on any atom is -0.360 e. The highest BCUT2D eigenvalue weighted by molar-refractivity contribution is 7.14. The third kappa shape index (κ3) is 3.01. The number of amides is 2. The number of fused-ring (bicyclic) bond motifs is 1. The summed E-state index contributed by atoms with van der Waals surface area (Å²) in [6.07, 6.45) is 3.40. The van der Waals surface area contributed by atoms with Gasteiger partial charge >= 0.3 is 0 Å². The van der Waals surface area contributed by atoms with E-state index in [-0.39, 0.29) is 11.8 Å². The van der Waals surface area contributed by atoms with Gasteiger partial charge in [0, 0.05) is 29.3 Å². The topological polar surface area (TPSA) is 61.4 Å². The van der Waals surface area contributed by atoms with Crippen LogP contribution >= 0.6 is 11.3 Å². The summed E-state index contributed by atoms with van der Waals surface area (Å²) in [6.45, 7) is 1.85. The van der Waals surface area contributed by atoms with E-state index >= 15 is 0 Å². The average molecular weight is 341 g/mol. The molecule has 1 saturated heterocycles. The van der Waals surface area contributed by atoms with Crippen LogP contribution in [-0.2, 0) is 17.6 Å². The minimum absolute atomic E-state index is 0.0421. The van der Waals surface area contributed by atoms with Crippen molar-refractivity contribution in [2.45, 2.75) is 19.3 Å². The quantitative estimate of drug-likeness (QED) is 0.901. The van der Waals surface area contributed by atoms with E-state index in [1.54, 1.807) is 11.3 Å². The minimum atomic E-state index is -0.0421. The Hall–Kier alpha value is -2.34. The maximum absolute atomic E-state index is 12.4. The highest BCUT2D eigenvalue weighted by Gasteiger charge is 2.19. The van der Waals surface area contributed by atoms with Gasteiger partial charge in [-0.15, -0.1) is 11.3 Å². The molecule has 1 aromatic carbocycles. The van der Waals surface area contributed by atoms with Crippen LogP contribution in [0.5, 0.6) is 0 Å². The molecular weight excluding hydrogens is 322 g/mol. The van der Waals surface area contributed by atoms with E-state index in [0.29, 0.717) is 13.1 Å². The van der Waals surface area contributed by atoms with E-state index in [0.717, 1.165) is 35.6 Å². The largest absolute Gasteiger partial charge is 0.360 e. The maximum atomic E-state index is 12.4. The zero-order valence-electron chi connectivity index (χ0n) is 13.3. The number of thiophene rings is 1. The third-order valence-electron chi connectivity index (χ3n) is 4.50. The van der Waals surface area contributed by atoms with E-state index in [1.807, 2.05) is 35.2 Å². The molecule has 0 spiro atoms. The number of hydrogen-bond acceptors (Lipinski definition) is 4. The van der Waals surface area contributed by atoms with Gasteiger partial charge in [0.15, 0.2) is 0 Å². The molecule has 5 nitrogen and oxygen atoms in total. The Bertz CT molecular complexity index is 761. The molecule has 2 amide bonds. The second kappa shape index (κ2) is 6.28. The molecule has 0 unspecified atom stereocenters. The molecule has 2 aromatic rings. The lowest BCUT2D eigenvalue weighted by atomic mass is 10.2. The van der Waals surface area contributed by atoms with Gasteiger partial charge in [0.1, 0.15) is 0 Å². The van der Waals surface area contributed by atoms with Crippen LogP contribution in [0.15, 0.2) is 30.3 Å². The van der Waals surface area contributed by atoms with E-state index in [2.05, 4.69) is 10.6 Å². The Morgan fingerprint density at radius 1 is 1.21 bits per heavy atom. The van der Waals surface area contributed by atoms with Crippen molar-refractivity contribution in [1.29, 1.82) is 0 Å². The molecule has 0 radical (unpaired) electrons. The summed E-state index contributed by atoms with van der Waals surface area (Å²) >= 11 is 1.61. The fourth-order valence-electron chi connectivity index (χ4n) is 3.25. The number of anilines is 2. The molecule has 2 N–H and O–H groups in total. The molecule has 0 saturated carbocycles. The number of benzene rings is 1. The fourth-order valence-corrected chi connectivity index (χ4v) is 4.40. The molecule has 0 atom stereocenters. The number of nitrogens with zero attached hydrogens (tertiary/aromatic N) is 1. The standard InChI is InChI=1S/C18H19N3O2S/c22-17-11-21(9-8-19-17)14-6-4-13(5-7-14)20-18(23)16-10-12-2-1-3-15(12)24-16/h4-7,10H,1-3,8-9,11H2,(H,19,22)(H,20,23). The van der Waals surface area contributed by atoms with Crippen molar-refractivity contribution in [3.05, 3.63) is 45.6 Å². The van der Waals surface area contributed by atoms with Crippen molar-refractivity contribution in [3.8, 4) is 0 Å². The van der Waals surface area contributed by atoms with E-state index in [1.165, 1.54) is 16.9 Å². The van der Waals surface area contributed by atoms with Crippen LogP contribution in [0.1, 0.15) is 26.5 Å². The van der Waals surface area contributed by atoms with Crippen LogP contribution in [0.4, 0.5) is 11.4 Å². The highest BCUT2D eigenvalue weighted by Crippen LogP contribution is 2.31. The first-order valence-electron chi connectivity index (χ1n) is 8.24. The molecule has 6 heteroatoms. The van der Waals surface area contributed by atoms with E-state index in [9.17, 15) is 9.59 Å². The number of rotatable bonds is 3. The Labute approximate surface area is 144 Å². The van der Waals surface area contributed by atoms with Gasteiger partial charge in [-0.3, -0.25) is 9.59 Å². The molecule has 0 bridgehead atoms. The van der Waals surface area contributed by atoms with Gasteiger partial charge < -0.3 is 15.5 Å². The van der Waals surface area contributed by atoms with Crippen LogP contribution in [0, 0.1) is 0 Å². The monoisotopic (exact) mass is 341 g/mol. The number of aryl methyl sites for hydroxylation is 2. The molecule has 1 fully saturated rings. The number of nitrogens with one attached hydrogen (secondary N) is 2. The fraction of sp³-hybridized carbons (Fsp3) is 0.333. The van der Waals surface area contributed by atoms with Gasteiger partial charge in [0.25, 0.3) is 5.91 Å². The Balaban J connectivity index is 1.43. The lowest BCUT2D eigenvalue weighted by molar-refractivity contribution is -0.120. The lowest BCUT2D eigenvalue weighted by Gasteiger charge is -2.28. The summed E-state index contributed by atoms with van der Waals surface area (Å²) in [4.78, 5) is 28.0. The highest BCUT2D eigenvalue weighted by atomic mass is 32.1. The molecular formula is C18H19N3O2S. The SMILES string of the molecule is O=C1CN(c2ccc(NC(=O)c3cc4c(s3)CCC4)cc2)CCN1. The number of hydrogen-bond donors (Lipinski definition) is 2. The van der Waals surface area contributed by atoms with Crippen LogP contribution in [0.25, 0.3) is 0 Å². The van der Waals surface area contributed by atoms with Gasteiger partial charge in [-0.1, -0.05) is 0 Å². The molecule has 4 rings (SSSR count). The van der Waals surface area contributed by atoms with Crippen LogP contribution in [0.2, 0.25) is 0 Å². The zero-order valence-corrected chi connectivity index (χ0v) is 14.1. The van der Waals surface area contributed by atoms with Crippen LogP contribution < -0.4 is 15.5 Å². The molecule has 1 aliphatic heterocycles. The van der Waals surface area contributed by atoms with Crippen molar-refractivity contribution in [3.63, 3.8) is 0 Å². The van der Waals surface area contributed by atoms with E-state index < -0.39 is 0 Å². The first-order chi connectivity index (χ1) is 11.7. The second-order valence-corrected chi connectivity index (χ2v) is 7.32. The molecule has 24 heavy (non-hydrogen) atoms. The second-order valence-electron chi connectivity index (χ2n) is 6.19. The van der Waals surface area contributed by atoms with E-state index in [4.69, 9.17) is 0 Å². The Kier molecular flexibility index (Phi) is 3.98. The molecule has 124 valence electrons. The number of piperazine rings is 1. The van der Waals surface area contributed by atoms with Crippen molar-refractivity contribution in [1.82, 2.24) is 5.32 Å². The van der Waals surface area contributed by atoms with Gasteiger partial charge in [0.05, 0.1) is 11.4 Å². The van der Waals surface area contributed by atoms with Gasteiger partial charge in [-0.25, -0.2) is 0 Å². The zero-order chi connectivity index (χ0) is 16.5. The van der Waals surface area contributed by atoms with Gasteiger partial charge in [-0.05, 0) is 55.2 Å². The normalized spacial score (nSPS) is 16.7. The first-order valence-corrected chi connectivity index (χ1v) is 9.05. The van der Waals surface area contributed by atoms with Crippen molar-refractivity contribution in [2.24, 2.45) is 0 Å². The Morgan fingerprint density at radius 3 is 2.79 bits per heavy atom. The average Bonchev–Trinajstić information content (AvgIpc) is 3.17. The molecule has 2 aliphatic rings. The first kappa shape index (κ1) is 15.2. The van der Waals surface area contributed by atoms with Gasteiger partial charge in [-0.2, -0.15) is 0 Å². The van der Waals surface area contributed by atoms with Crippen molar-refractivity contribution >= 4 is 34.5 Å². The van der Waals surface area contributed by atoms with Crippen LogP contribution in [0.3, 0.4) is 0 Å². The predicted octanol–water partition coefficient (Wildman–Crippen LogP) is 2.43. The molecule has 1 aliphatic carbocycles. The summed E-state index contributed by atoms with van der Waals surface area (Å²) in [5, 5.41) is 5.78. The maximum Gasteiger partial charge on any atom is 0.265 e. The molecule has 1 aromatic heterocycles. The third-order valence-corrected chi connectivity index (χ3v) is 5.73. The molecule has 2 heterocycles. The summed E-state index contributed by atoms with van der Waals surface area (Å²) in [5.41, 5.74) is 3.11. The van der Waals surface area contributed by atoms with Gasteiger partial charge in [0.2, 0.25) is 5.91 Å². The smallest absolute Gasteiger partial charge is 0.265 e. The van der Waals surface area contributed by atoms with Crippen LogP contribution in [-0.4, -0.2) is 31.4 Å².